The van der Waals surface area contributed by atoms with Crippen LogP contribution in [-0.2, 0) is 4.79 Å². The van der Waals surface area contributed by atoms with E-state index in [1.165, 1.54) is 24.3 Å². The van der Waals surface area contributed by atoms with Crippen molar-refractivity contribution >= 4 is 34.8 Å². The van der Waals surface area contributed by atoms with Gasteiger partial charge in [-0.1, -0.05) is 29.3 Å². The minimum Gasteiger partial charge on any atom is -0.481 e. The predicted molar refractivity (Wildman–Crippen MR) is 81.6 cm³/mol. The summed E-state index contributed by atoms with van der Waals surface area (Å²) in [6.45, 7) is 1.58. The Hall–Kier alpha value is -1.78. The molecule has 0 aliphatic rings. The van der Waals surface area contributed by atoms with E-state index in [2.05, 4.69) is 5.32 Å². The van der Waals surface area contributed by atoms with E-state index in [0.717, 1.165) is 0 Å². The Balaban J connectivity index is 2.02. The molecule has 0 aromatic heterocycles. The highest BCUT2D eigenvalue weighted by atomic mass is 35.5. The molecule has 1 amide bonds. The maximum absolute atomic E-state index is 12.8. The molecule has 2 rings (SSSR count). The van der Waals surface area contributed by atoms with Crippen LogP contribution in [-0.4, -0.2) is 12.0 Å². The average molecular weight is 328 g/mol. The predicted octanol–water partition coefficient (Wildman–Crippen LogP) is 4.54. The van der Waals surface area contributed by atoms with Gasteiger partial charge in [0.15, 0.2) is 6.10 Å². The molecule has 0 aliphatic heterocycles. The van der Waals surface area contributed by atoms with Crippen LogP contribution in [0.15, 0.2) is 42.5 Å². The van der Waals surface area contributed by atoms with E-state index in [-0.39, 0.29) is 16.7 Å². The Morgan fingerprint density at radius 2 is 1.86 bits per heavy atom. The number of carbonyl (C=O) groups is 1. The first kappa shape index (κ1) is 15.6. The molecule has 110 valence electrons. The van der Waals surface area contributed by atoms with Gasteiger partial charge in [-0.15, -0.1) is 0 Å². The number of benzene rings is 2. The molecule has 21 heavy (non-hydrogen) atoms. The molecule has 0 aliphatic carbocycles. The molecule has 0 unspecified atom stereocenters. The molecule has 1 atom stereocenters. The van der Waals surface area contributed by atoms with Crippen molar-refractivity contribution in [3.8, 4) is 5.75 Å². The monoisotopic (exact) mass is 327 g/mol. The number of halogens is 3. The molecule has 0 saturated carbocycles. The van der Waals surface area contributed by atoms with Crippen molar-refractivity contribution in [2.75, 3.05) is 5.32 Å². The molecule has 2 aromatic rings. The van der Waals surface area contributed by atoms with E-state index in [1.54, 1.807) is 25.1 Å². The summed E-state index contributed by atoms with van der Waals surface area (Å²) in [6.07, 6.45) is -0.773. The molecule has 0 heterocycles. The molecule has 3 nitrogen and oxygen atoms in total. The number of hydrogen-bond donors (Lipinski definition) is 1. The fourth-order valence-electron chi connectivity index (χ4n) is 1.61. The van der Waals surface area contributed by atoms with E-state index in [1.807, 2.05) is 0 Å². The molecule has 0 saturated heterocycles. The summed E-state index contributed by atoms with van der Waals surface area (Å²) in [6, 6.07) is 10.3. The SMILES string of the molecule is C[C@H](Oc1ccc(F)cc1)C(=O)Nc1cccc(Cl)c1Cl. The Morgan fingerprint density at radius 1 is 1.19 bits per heavy atom. The van der Waals surface area contributed by atoms with Crippen LogP contribution in [0.4, 0.5) is 10.1 Å². The highest BCUT2D eigenvalue weighted by molar-refractivity contribution is 6.44. The number of amides is 1. The van der Waals surface area contributed by atoms with Gasteiger partial charge in [-0.2, -0.15) is 0 Å². The van der Waals surface area contributed by atoms with Crippen LogP contribution in [0.3, 0.4) is 0 Å². The maximum Gasteiger partial charge on any atom is 0.265 e. The van der Waals surface area contributed by atoms with E-state index in [0.29, 0.717) is 16.5 Å². The molecule has 0 fully saturated rings. The number of ether oxygens (including phenoxy) is 1. The molecule has 0 radical (unpaired) electrons. The number of hydrogen-bond acceptors (Lipinski definition) is 2. The van der Waals surface area contributed by atoms with Crippen molar-refractivity contribution in [3.05, 3.63) is 58.3 Å². The summed E-state index contributed by atoms with van der Waals surface area (Å²) in [5.41, 5.74) is 0.406. The van der Waals surface area contributed by atoms with Crippen molar-refractivity contribution < 1.29 is 13.9 Å². The Morgan fingerprint density at radius 3 is 2.52 bits per heavy atom. The zero-order valence-corrected chi connectivity index (χ0v) is 12.6. The van der Waals surface area contributed by atoms with Gasteiger partial charge in [0.1, 0.15) is 11.6 Å². The van der Waals surface area contributed by atoms with Crippen LogP contribution in [0.1, 0.15) is 6.92 Å². The van der Waals surface area contributed by atoms with Crippen LogP contribution in [0.2, 0.25) is 10.0 Å². The molecular weight excluding hydrogens is 316 g/mol. The van der Waals surface area contributed by atoms with Gasteiger partial charge in [0, 0.05) is 0 Å². The van der Waals surface area contributed by atoms with E-state index in [9.17, 15) is 9.18 Å². The first-order valence-corrected chi connectivity index (χ1v) is 6.90. The third-order valence-electron chi connectivity index (χ3n) is 2.71. The van der Waals surface area contributed by atoms with Crippen LogP contribution >= 0.6 is 23.2 Å². The molecule has 1 N–H and O–H groups in total. The van der Waals surface area contributed by atoms with Gasteiger partial charge in [0.05, 0.1) is 15.7 Å². The first-order chi connectivity index (χ1) is 9.97. The number of anilines is 1. The molecule has 6 heteroatoms. The summed E-state index contributed by atoms with van der Waals surface area (Å²) in [7, 11) is 0. The van der Waals surface area contributed by atoms with Crippen LogP contribution in [0.5, 0.6) is 5.75 Å². The molecule has 0 bridgehead atoms. The largest absolute Gasteiger partial charge is 0.481 e. The second-order valence-electron chi connectivity index (χ2n) is 4.30. The number of carbonyl (C=O) groups excluding carboxylic acids is 1. The van der Waals surface area contributed by atoms with Crippen molar-refractivity contribution in [3.63, 3.8) is 0 Å². The highest BCUT2D eigenvalue weighted by Crippen LogP contribution is 2.29. The topological polar surface area (TPSA) is 38.3 Å². The van der Waals surface area contributed by atoms with Crippen molar-refractivity contribution in [1.29, 1.82) is 0 Å². The van der Waals surface area contributed by atoms with Gasteiger partial charge in [-0.3, -0.25) is 4.79 Å². The molecular formula is C15H12Cl2FNO2. The fraction of sp³-hybridized carbons (Fsp3) is 0.133. The standard InChI is InChI=1S/C15H12Cl2FNO2/c1-9(21-11-7-5-10(18)6-8-11)15(20)19-13-4-2-3-12(16)14(13)17/h2-9H,1H3,(H,19,20)/t9-/m0/s1. The van der Waals surface area contributed by atoms with Gasteiger partial charge in [0.25, 0.3) is 5.91 Å². The maximum atomic E-state index is 12.8. The lowest BCUT2D eigenvalue weighted by Gasteiger charge is -2.15. The zero-order valence-electron chi connectivity index (χ0n) is 11.1. The zero-order chi connectivity index (χ0) is 15.4. The highest BCUT2D eigenvalue weighted by Gasteiger charge is 2.16. The minimum atomic E-state index is -0.773. The Bertz CT molecular complexity index is 647. The second kappa shape index (κ2) is 6.78. The van der Waals surface area contributed by atoms with Gasteiger partial charge in [0.2, 0.25) is 0 Å². The van der Waals surface area contributed by atoms with Crippen LogP contribution in [0, 0.1) is 5.82 Å². The van der Waals surface area contributed by atoms with Crippen molar-refractivity contribution in [2.24, 2.45) is 0 Å². The summed E-state index contributed by atoms with van der Waals surface area (Å²) in [4.78, 5) is 12.0. The normalized spacial score (nSPS) is 11.8. The van der Waals surface area contributed by atoms with E-state index in [4.69, 9.17) is 27.9 Å². The number of rotatable bonds is 4. The van der Waals surface area contributed by atoms with Crippen LogP contribution in [0.25, 0.3) is 0 Å². The van der Waals surface area contributed by atoms with Crippen LogP contribution < -0.4 is 10.1 Å². The molecule has 2 aromatic carbocycles. The van der Waals surface area contributed by atoms with Crippen molar-refractivity contribution in [2.45, 2.75) is 13.0 Å². The Labute approximate surface area is 131 Å². The molecule has 0 spiro atoms. The first-order valence-electron chi connectivity index (χ1n) is 6.14. The van der Waals surface area contributed by atoms with E-state index >= 15 is 0 Å². The lowest BCUT2D eigenvalue weighted by atomic mass is 10.3. The van der Waals surface area contributed by atoms with E-state index < -0.39 is 6.10 Å². The lowest BCUT2D eigenvalue weighted by Crippen LogP contribution is -2.30. The Kier molecular flexibility index (Phi) is 5.04. The number of nitrogens with one attached hydrogen (secondary N) is 1. The summed E-state index contributed by atoms with van der Waals surface area (Å²) >= 11 is 11.9. The smallest absolute Gasteiger partial charge is 0.265 e. The third-order valence-corrected chi connectivity index (χ3v) is 3.52. The minimum absolute atomic E-state index is 0.265. The summed E-state index contributed by atoms with van der Waals surface area (Å²) in [5.74, 6) is -0.357. The van der Waals surface area contributed by atoms with Gasteiger partial charge in [-0.05, 0) is 43.3 Å². The van der Waals surface area contributed by atoms with Gasteiger partial charge >= 0.3 is 0 Å². The van der Waals surface area contributed by atoms with Gasteiger partial charge < -0.3 is 10.1 Å². The van der Waals surface area contributed by atoms with Crippen molar-refractivity contribution in [1.82, 2.24) is 0 Å². The summed E-state index contributed by atoms with van der Waals surface area (Å²) in [5, 5.41) is 3.24. The summed E-state index contributed by atoms with van der Waals surface area (Å²) < 4.78 is 18.2. The third kappa shape index (κ3) is 4.09. The quantitative estimate of drug-likeness (QED) is 0.895. The lowest BCUT2D eigenvalue weighted by molar-refractivity contribution is -0.122. The fourth-order valence-corrected chi connectivity index (χ4v) is 1.95. The second-order valence-corrected chi connectivity index (χ2v) is 5.09. The van der Waals surface area contributed by atoms with Gasteiger partial charge in [-0.25, -0.2) is 4.39 Å². The average Bonchev–Trinajstić information content (AvgIpc) is 2.46.